The second kappa shape index (κ2) is 18.3. The van der Waals surface area contributed by atoms with Crippen molar-refractivity contribution in [3.05, 3.63) is 99.7 Å². The molecule has 6 nitrogen and oxygen atoms in total. The van der Waals surface area contributed by atoms with E-state index in [9.17, 15) is 15.2 Å². The van der Waals surface area contributed by atoms with Crippen molar-refractivity contribution in [2.45, 2.75) is 116 Å². The number of unbranched alkanes of at least 4 members (excludes halogenated alkanes) is 6. The van der Waals surface area contributed by atoms with Gasteiger partial charge in [0.1, 0.15) is 11.6 Å². The van der Waals surface area contributed by atoms with Crippen molar-refractivity contribution >= 4 is 68.8 Å². The number of fused-ring (bicyclic) bond motifs is 3. The van der Waals surface area contributed by atoms with Gasteiger partial charge in [0.25, 0.3) is 0 Å². The highest BCUT2D eigenvalue weighted by Crippen LogP contribution is 2.54. The van der Waals surface area contributed by atoms with Crippen molar-refractivity contribution in [3.8, 4) is 46.0 Å². The van der Waals surface area contributed by atoms with Crippen molar-refractivity contribution < 1.29 is 9.90 Å². The molecule has 58 heavy (non-hydrogen) atoms. The summed E-state index contributed by atoms with van der Waals surface area (Å²) >= 11 is 6.85. The fourth-order valence-electron chi connectivity index (χ4n) is 8.55. The van der Waals surface area contributed by atoms with Gasteiger partial charge < -0.3 is 10.0 Å². The number of carboxylic acid groups (broad SMARTS) is 1. The van der Waals surface area contributed by atoms with Crippen molar-refractivity contribution in [2.75, 3.05) is 4.90 Å². The Morgan fingerprint density at radius 2 is 1.43 bits per heavy atom. The molecule has 2 aromatic carbocycles. The number of thiophene rings is 2. The number of aromatic nitrogens is 2. The highest BCUT2D eigenvalue weighted by atomic mass is 32.1. The maximum Gasteiger partial charge on any atom is 0.346 e. The van der Waals surface area contributed by atoms with E-state index in [1.807, 2.05) is 23.5 Å². The first-order valence-electron chi connectivity index (χ1n) is 20.9. The topological polar surface area (TPSA) is 90.1 Å². The minimum atomic E-state index is -1.21. The molecular formula is C48H50N4O2S4. The summed E-state index contributed by atoms with van der Waals surface area (Å²) in [7, 11) is 0. The van der Waals surface area contributed by atoms with Gasteiger partial charge in [0.2, 0.25) is 0 Å². The van der Waals surface area contributed by atoms with Gasteiger partial charge in [-0.15, -0.1) is 45.3 Å². The first-order valence-corrected chi connectivity index (χ1v) is 24.2. The lowest BCUT2D eigenvalue weighted by atomic mass is 9.95. The van der Waals surface area contributed by atoms with E-state index in [1.54, 1.807) is 28.7 Å². The second-order valence-electron chi connectivity index (χ2n) is 15.6. The minimum Gasteiger partial charge on any atom is -0.477 e. The van der Waals surface area contributed by atoms with Gasteiger partial charge in [0, 0.05) is 42.8 Å². The van der Waals surface area contributed by atoms with Crippen LogP contribution in [0.1, 0.15) is 118 Å². The number of rotatable bonds is 17. The molecule has 10 heteroatoms. The third-order valence-electron chi connectivity index (χ3n) is 11.5. The smallest absolute Gasteiger partial charge is 0.346 e. The normalized spacial score (nSPS) is 16.2. The number of thiazole rings is 2. The van der Waals surface area contributed by atoms with E-state index in [-0.39, 0.29) is 5.57 Å². The summed E-state index contributed by atoms with van der Waals surface area (Å²) in [6, 6.07) is 27.1. The van der Waals surface area contributed by atoms with Gasteiger partial charge in [-0.2, -0.15) is 5.26 Å². The predicted octanol–water partition coefficient (Wildman–Crippen LogP) is 14.7. The number of aryl methyl sites for hydroxylation is 3. The quantitative estimate of drug-likeness (QED) is 0.0559. The van der Waals surface area contributed by atoms with Crippen LogP contribution in [0.4, 0.5) is 11.4 Å². The molecule has 8 rings (SSSR count). The molecule has 0 amide bonds. The van der Waals surface area contributed by atoms with E-state index >= 15 is 0 Å². The molecule has 6 aromatic rings. The highest BCUT2D eigenvalue weighted by Gasteiger charge is 2.42. The molecule has 1 N–H and O–H groups in total. The molecular weight excluding hydrogens is 793 g/mol. The number of hydrogen-bond donors (Lipinski definition) is 1. The number of nitriles is 1. The zero-order valence-electron chi connectivity index (χ0n) is 33.6. The zero-order valence-corrected chi connectivity index (χ0v) is 36.8. The molecule has 0 spiro atoms. The molecule has 1 aliphatic carbocycles. The Labute approximate surface area is 358 Å². The van der Waals surface area contributed by atoms with Gasteiger partial charge in [-0.25, -0.2) is 14.8 Å². The van der Waals surface area contributed by atoms with Crippen LogP contribution in [0.5, 0.6) is 0 Å². The molecule has 4 aromatic heterocycles. The van der Waals surface area contributed by atoms with E-state index < -0.39 is 5.97 Å². The Hall–Kier alpha value is -4.40. The summed E-state index contributed by atoms with van der Waals surface area (Å²) in [5.41, 5.74) is 8.75. The summed E-state index contributed by atoms with van der Waals surface area (Å²) in [6.07, 6.45) is 16.4. The zero-order chi connectivity index (χ0) is 40.2. The second-order valence-corrected chi connectivity index (χ2v) is 19.8. The van der Waals surface area contributed by atoms with Gasteiger partial charge in [-0.3, -0.25) is 0 Å². The maximum absolute atomic E-state index is 11.5. The van der Waals surface area contributed by atoms with Crippen molar-refractivity contribution in [1.82, 2.24) is 9.97 Å². The summed E-state index contributed by atoms with van der Waals surface area (Å²) < 4.78 is 0. The molecule has 0 bridgehead atoms. The molecule has 2 atom stereocenters. The lowest BCUT2D eigenvalue weighted by molar-refractivity contribution is -0.132. The molecule has 2 aliphatic rings. The van der Waals surface area contributed by atoms with E-state index in [0.717, 1.165) is 62.4 Å². The number of carbonyl (C=O) groups is 1. The Bertz CT molecular complexity index is 2460. The molecule has 1 saturated carbocycles. The van der Waals surface area contributed by atoms with Crippen LogP contribution in [-0.4, -0.2) is 27.1 Å². The maximum atomic E-state index is 11.5. The van der Waals surface area contributed by atoms with Crippen LogP contribution in [-0.2, 0) is 17.6 Å². The Balaban J connectivity index is 1.12. The molecule has 298 valence electrons. The lowest BCUT2D eigenvalue weighted by Crippen LogP contribution is -2.26. The molecule has 5 heterocycles. The monoisotopic (exact) mass is 842 g/mol. The standard InChI is InChI=1S/C48H50N4O2S4/c1-4-6-8-10-14-37-44(42-24-22-34(55-42)27-32(29-49)48(53)54)57-46(50-37)47-51-38(15-11-9-7-5-2)45(58-47)43-26-25-41(56-43)31-19-23-40-36(28-31)35-13-12-16-39(35)52(40)33-20-17-30(3)18-21-33/h17-28,35,39H,4-16H2,1-3H3,(H,53,54)/b32-27+. The summed E-state index contributed by atoms with van der Waals surface area (Å²) in [5, 5.41) is 20.7. The molecule has 1 fully saturated rings. The van der Waals surface area contributed by atoms with E-state index in [0.29, 0.717) is 12.0 Å². The Kier molecular flexibility index (Phi) is 12.7. The van der Waals surface area contributed by atoms with Gasteiger partial charge in [0.15, 0.2) is 10.0 Å². The van der Waals surface area contributed by atoms with Crippen LogP contribution in [0.3, 0.4) is 0 Å². The van der Waals surface area contributed by atoms with Gasteiger partial charge in [0.05, 0.1) is 21.1 Å². The van der Waals surface area contributed by atoms with Crippen LogP contribution in [0.25, 0.3) is 46.0 Å². The van der Waals surface area contributed by atoms with Crippen molar-refractivity contribution in [3.63, 3.8) is 0 Å². The minimum absolute atomic E-state index is 0.264. The molecule has 2 unspecified atom stereocenters. The Morgan fingerprint density at radius 3 is 2.07 bits per heavy atom. The third-order valence-corrected chi connectivity index (χ3v) is 16.4. The number of nitrogens with zero attached hydrogens (tertiary/aromatic N) is 4. The molecule has 1 aliphatic heterocycles. The molecule has 0 radical (unpaired) electrons. The fraction of sp³-hybridized carbons (Fsp3) is 0.375. The number of aliphatic carboxylic acids is 1. The van der Waals surface area contributed by atoms with E-state index in [4.69, 9.17) is 9.97 Å². The summed E-state index contributed by atoms with van der Waals surface area (Å²) in [4.78, 5) is 31.5. The number of carboxylic acids is 1. The number of benzene rings is 2. The van der Waals surface area contributed by atoms with Crippen molar-refractivity contribution in [1.29, 1.82) is 5.26 Å². The third kappa shape index (κ3) is 8.51. The van der Waals surface area contributed by atoms with E-state index in [2.05, 4.69) is 80.3 Å². The lowest BCUT2D eigenvalue weighted by Gasteiger charge is -2.27. The molecule has 0 saturated heterocycles. The first kappa shape index (κ1) is 40.4. The van der Waals surface area contributed by atoms with Crippen LogP contribution < -0.4 is 4.90 Å². The average Bonchev–Trinajstić information content (AvgIpc) is 4.09. The summed E-state index contributed by atoms with van der Waals surface area (Å²) in [5.74, 6) is -0.636. The van der Waals surface area contributed by atoms with E-state index in [1.165, 1.54) is 117 Å². The number of hydrogen-bond acceptors (Lipinski definition) is 9. The van der Waals surface area contributed by atoms with Crippen LogP contribution >= 0.6 is 45.3 Å². The largest absolute Gasteiger partial charge is 0.477 e. The SMILES string of the molecule is CCCCCCc1nc(-c2nc(CCCCCC)c(-c3ccc(-c4ccc5c(c4)C4CCCC4N5c4ccc(C)cc4)s3)s2)sc1-c1ccc(/C=C(\C#N)C(=O)O)s1. The van der Waals surface area contributed by atoms with Crippen LogP contribution in [0.15, 0.2) is 72.3 Å². The summed E-state index contributed by atoms with van der Waals surface area (Å²) in [6.45, 7) is 6.65. The fourth-order valence-corrected chi connectivity index (χ4v) is 13.0. The van der Waals surface area contributed by atoms with Gasteiger partial charge in [-0.1, -0.05) is 82.6 Å². The van der Waals surface area contributed by atoms with Gasteiger partial charge >= 0.3 is 5.97 Å². The number of anilines is 2. The average molecular weight is 843 g/mol. The first-order chi connectivity index (χ1) is 28.3. The van der Waals surface area contributed by atoms with Gasteiger partial charge in [-0.05, 0) is 111 Å². The van der Waals surface area contributed by atoms with Crippen LogP contribution in [0, 0.1) is 18.3 Å². The van der Waals surface area contributed by atoms with Crippen molar-refractivity contribution in [2.24, 2.45) is 0 Å². The Morgan fingerprint density at radius 1 is 0.793 bits per heavy atom. The highest BCUT2D eigenvalue weighted by molar-refractivity contribution is 7.28. The predicted molar refractivity (Wildman–Crippen MR) is 246 cm³/mol. The van der Waals surface area contributed by atoms with Crippen LogP contribution in [0.2, 0.25) is 0 Å².